The Hall–Kier alpha value is -3.57. The molecule has 1 fully saturated rings. The summed E-state index contributed by atoms with van der Waals surface area (Å²) in [6.45, 7) is 1.51. The van der Waals surface area contributed by atoms with Crippen LogP contribution in [-0.2, 0) is 19.1 Å². The topological polar surface area (TPSA) is 103 Å². The molecule has 0 aliphatic carbocycles. The Labute approximate surface area is 193 Å². The van der Waals surface area contributed by atoms with Gasteiger partial charge in [-0.05, 0) is 38.8 Å². The number of hydrogen-bond acceptors (Lipinski definition) is 6. The molecule has 1 N–H and O–H groups in total. The van der Waals surface area contributed by atoms with Crippen LogP contribution in [0.2, 0.25) is 0 Å². The van der Waals surface area contributed by atoms with Crippen molar-refractivity contribution in [3.8, 4) is 5.69 Å². The molecule has 9 nitrogen and oxygen atoms in total. The maximum absolute atomic E-state index is 12.4. The first kappa shape index (κ1) is 25.1. The lowest BCUT2D eigenvalue weighted by molar-refractivity contribution is -0.163. The standard InChI is InChI=1S/C22H25F3N4O5/c1-14-19(15(2)29(27-14)17-6-4-3-5-7-17)26-18(30)12-33-20(31)16-8-10-28(11-9-16)21(32)34-13-22(23,24)25/h3-7,16H,8-13H2,1-2H3,(H,26,30). The van der Waals surface area contributed by atoms with Crippen molar-refractivity contribution >= 4 is 23.7 Å². The van der Waals surface area contributed by atoms with Gasteiger partial charge in [0.2, 0.25) is 0 Å². The molecular weight excluding hydrogens is 457 g/mol. The average Bonchev–Trinajstić information content (AvgIpc) is 3.09. The SMILES string of the molecule is Cc1nn(-c2ccccc2)c(C)c1NC(=O)COC(=O)C1CCN(C(=O)OCC(F)(F)F)CC1. The first-order valence-corrected chi connectivity index (χ1v) is 10.6. The van der Waals surface area contributed by atoms with E-state index in [4.69, 9.17) is 4.74 Å². The zero-order valence-corrected chi connectivity index (χ0v) is 18.7. The highest BCUT2D eigenvalue weighted by Crippen LogP contribution is 2.23. The van der Waals surface area contributed by atoms with E-state index < -0.39 is 43.3 Å². The first-order chi connectivity index (χ1) is 16.0. The second-order valence-corrected chi connectivity index (χ2v) is 7.88. The van der Waals surface area contributed by atoms with Gasteiger partial charge in [0.25, 0.3) is 5.91 Å². The van der Waals surface area contributed by atoms with Gasteiger partial charge in [-0.2, -0.15) is 18.3 Å². The van der Waals surface area contributed by atoms with E-state index in [0.717, 1.165) is 10.6 Å². The number of likely N-dealkylation sites (tertiary alicyclic amines) is 1. The lowest BCUT2D eigenvalue weighted by Gasteiger charge is -2.30. The predicted octanol–water partition coefficient (Wildman–Crippen LogP) is 3.38. The molecule has 0 bridgehead atoms. The van der Waals surface area contributed by atoms with Gasteiger partial charge in [0.05, 0.1) is 28.7 Å². The van der Waals surface area contributed by atoms with E-state index >= 15 is 0 Å². The van der Waals surface area contributed by atoms with Crippen molar-refractivity contribution in [2.24, 2.45) is 5.92 Å². The number of nitrogens with one attached hydrogen (secondary N) is 1. The van der Waals surface area contributed by atoms with Gasteiger partial charge in [-0.1, -0.05) is 18.2 Å². The molecule has 0 radical (unpaired) electrons. The molecule has 3 rings (SSSR count). The van der Waals surface area contributed by atoms with Crippen LogP contribution in [0.25, 0.3) is 5.69 Å². The summed E-state index contributed by atoms with van der Waals surface area (Å²) in [7, 11) is 0. The van der Waals surface area contributed by atoms with Gasteiger partial charge in [0, 0.05) is 13.1 Å². The van der Waals surface area contributed by atoms with Crippen molar-refractivity contribution in [1.82, 2.24) is 14.7 Å². The van der Waals surface area contributed by atoms with E-state index in [0.29, 0.717) is 17.1 Å². The Balaban J connectivity index is 1.46. The van der Waals surface area contributed by atoms with E-state index in [1.54, 1.807) is 11.6 Å². The summed E-state index contributed by atoms with van der Waals surface area (Å²) in [5.41, 5.74) is 2.68. The molecule has 2 heterocycles. The number of benzene rings is 1. The van der Waals surface area contributed by atoms with Crippen molar-refractivity contribution < 1.29 is 37.0 Å². The van der Waals surface area contributed by atoms with E-state index in [-0.39, 0.29) is 25.9 Å². The Kier molecular flexibility index (Phi) is 7.79. The van der Waals surface area contributed by atoms with Gasteiger partial charge in [-0.15, -0.1) is 0 Å². The monoisotopic (exact) mass is 482 g/mol. The molecule has 1 saturated heterocycles. The zero-order valence-electron chi connectivity index (χ0n) is 18.7. The minimum Gasteiger partial charge on any atom is -0.455 e. The fourth-order valence-corrected chi connectivity index (χ4v) is 3.61. The molecule has 0 atom stereocenters. The number of alkyl halides is 3. The summed E-state index contributed by atoms with van der Waals surface area (Å²) >= 11 is 0. The third-order valence-electron chi connectivity index (χ3n) is 5.35. The molecule has 2 aromatic rings. The molecule has 1 aliphatic heterocycles. The van der Waals surface area contributed by atoms with Crippen molar-refractivity contribution in [1.29, 1.82) is 0 Å². The highest BCUT2D eigenvalue weighted by atomic mass is 19.4. The van der Waals surface area contributed by atoms with Crippen LogP contribution in [0.3, 0.4) is 0 Å². The van der Waals surface area contributed by atoms with Crippen LogP contribution in [0.4, 0.5) is 23.7 Å². The number of halogens is 3. The summed E-state index contributed by atoms with van der Waals surface area (Å²) in [6, 6.07) is 9.40. The van der Waals surface area contributed by atoms with Gasteiger partial charge in [-0.3, -0.25) is 9.59 Å². The van der Waals surface area contributed by atoms with Gasteiger partial charge in [-0.25, -0.2) is 9.48 Å². The summed E-state index contributed by atoms with van der Waals surface area (Å²) in [5.74, 6) is -1.70. The number of aryl methyl sites for hydroxylation is 1. The van der Waals surface area contributed by atoms with Gasteiger partial charge < -0.3 is 19.7 Å². The molecule has 2 amide bonds. The molecule has 1 aromatic heterocycles. The number of ether oxygens (including phenoxy) is 2. The molecule has 1 aliphatic rings. The zero-order chi connectivity index (χ0) is 24.9. The normalized spacial score (nSPS) is 14.6. The average molecular weight is 482 g/mol. The highest BCUT2D eigenvalue weighted by Gasteiger charge is 2.33. The fraction of sp³-hybridized carbons (Fsp3) is 0.455. The van der Waals surface area contributed by atoms with Crippen LogP contribution in [0.15, 0.2) is 30.3 Å². The molecule has 184 valence electrons. The highest BCUT2D eigenvalue weighted by molar-refractivity contribution is 5.94. The number of piperidine rings is 1. The minimum absolute atomic E-state index is 0.0553. The number of hydrogen-bond donors (Lipinski definition) is 1. The smallest absolute Gasteiger partial charge is 0.422 e. The minimum atomic E-state index is -4.60. The van der Waals surface area contributed by atoms with Gasteiger partial charge >= 0.3 is 18.2 Å². The van der Waals surface area contributed by atoms with E-state index in [1.165, 1.54) is 0 Å². The third kappa shape index (κ3) is 6.49. The fourth-order valence-electron chi connectivity index (χ4n) is 3.61. The Morgan fingerprint density at radius 1 is 1.09 bits per heavy atom. The predicted molar refractivity (Wildman–Crippen MR) is 114 cm³/mol. The van der Waals surface area contributed by atoms with Crippen LogP contribution in [0, 0.1) is 19.8 Å². The van der Waals surface area contributed by atoms with Crippen LogP contribution < -0.4 is 5.32 Å². The van der Waals surface area contributed by atoms with Crippen LogP contribution in [0.1, 0.15) is 24.2 Å². The Morgan fingerprint density at radius 2 is 1.74 bits per heavy atom. The second-order valence-electron chi connectivity index (χ2n) is 7.88. The van der Waals surface area contributed by atoms with Crippen molar-refractivity contribution in [3.63, 3.8) is 0 Å². The lowest BCUT2D eigenvalue weighted by Crippen LogP contribution is -2.42. The maximum Gasteiger partial charge on any atom is 0.422 e. The largest absolute Gasteiger partial charge is 0.455 e. The number of anilines is 1. The summed E-state index contributed by atoms with van der Waals surface area (Å²) in [6.07, 6.45) is -5.28. The maximum atomic E-state index is 12.4. The van der Waals surface area contributed by atoms with Crippen molar-refractivity contribution in [2.75, 3.05) is 31.6 Å². The van der Waals surface area contributed by atoms with Crippen LogP contribution in [-0.4, -0.2) is 65.1 Å². The number of carbonyl (C=O) groups excluding carboxylic acids is 3. The summed E-state index contributed by atoms with van der Waals surface area (Å²) < 4.78 is 47.5. The lowest BCUT2D eigenvalue weighted by atomic mass is 9.97. The van der Waals surface area contributed by atoms with Crippen LogP contribution >= 0.6 is 0 Å². The van der Waals surface area contributed by atoms with Gasteiger partial charge in [0.1, 0.15) is 0 Å². The number of aromatic nitrogens is 2. The van der Waals surface area contributed by atoms with E-state index in [1.807, 2.05) is 37.3 Å². The summed E-state index contributed by atoms with van der Waals surface area (Å²) in [4.78, 5) is 37.5. The molecule has 0 saturated carbocycles. The van der Waals surface area contributed by atoms with Crippen LogP contribution in [0.5, 0.6) is 0 Å². The van der Waals surface area contributed by atoms with E-state index in [9.17, 15) is 27.6 Å². The van der Waals surface area contributed by atoms with Crippen molar-refractivity contribution in [3.05, 3.63) is 41.7 Å². The third-order valence-corrected chi connectivity index (χ3v) is 5.35. The Bertz CT molecular complexity index is 1030. The number of amides is 2. The number of carbonyl (C=O) groups is 3. The molecular formula is C22H25F3N4O5. The van der Waals surface area contributed by atoms with Crippen molar-refractivity contribution in [2.45, 2.75) is 32.9 Å². The number of para-hydroxylation sites is 1. The molecule has 0 unspecified atom stereocenters. The molecule has 1 aromatic carbocycles. The number of rotatable bonds is 6. The van der Waals surface area contributed by atoms with Gasteiger partial charge in [0.15, 0.2) is 13.2 Å². The summed E-state index contributed by atoms with van der Waals surface area (Å²) in [5, 5.41) is 7.15. The Morgan fingerprint density at radius 3 is 2.35 bits per heavy atom. The molecule has 34 heavy (non-hydrogen) atoms. The van der Waals surface area contributed by atoms with E-state index in [2.05, 4.69) is 15.2 Å². The molecule has 12 heteroatoms. The first-order valence-electron chi connectivity index (χ1n) is 10.6. The number of esters is 1. The second kappa shape index (κ2) is 10.6. The molecule has 0 spiro atoms. The number of nitrogens with zero attached hydrogens (tertiary/aromatic N) is 3. The quantitative estimate of drug-likeness (QED) is 0.634.